The first-order valence-corrected chi connectivity index (χ1v) is 4.01. The Hall–Kier alpha value is -2.16. The largest absolute Gasteiger partial charge is 0.325 e. The standard InChI is InChI=1S/C9H7F2N3O/c10-6-2-1-3-7(11)8(6)14-9(15)13-5-4-12/h1-3H,5H2,(H2,13,14,15). The molecule has 0 radical (unpaired) electrons. The number of anilines is 1. The fraction of sp³-hybridized carbons (Fsp3) is 0.111. The van der Waals surface area contributed by atoms with Gasteiger partial charge in [-0.1, -0.05) is 6.07 Å². The maximum atomic E-state index is 13.0. The van der Waals surface area contributed by atoms with E-state index in [9.17, 15) is 13.6 Å². The number of para-hydroxylation sites is 1. The summed E-state index contributed by atoms with van der Waals surface area (Å²) < 4.78 is 26.0. The Bertz CT molecular complexity index is 394. The van der Waals surface area contributed by atoms with Crippen LogP contribution in [0.15, 0.2) is 18.2 Å². The number of carbonyl (C=O) groups excluding carboxylic acids is 1. The van der Waals surface area contributed by atoms with Crippen LogP contribution in [0.5, 0.6) is 0 Å². The highest BCUT2D eigenvalue weighted by molar-refractivity contribution is 5.89. The fourth-order valence-electron chi connectivity index (χ4n) is 0.895. The number of halogens is 2. The minimum atomic E-state index is -0.873. The van der Waals surface area contributed by atoms with Crippen molar-refractivity contribution in [2.45, 2.75) is 0 Å². The SMILES string of the molecule is N#CCNC(=O)Nc1c(F)cccc1F. The normalized spacial score (nSPS) is 9.13. The zero-order chi connectivity index (χ0) is 11.3. The van der Waals surface area contributed by atoms with E-state index in [2.05, 4.69) is 5.32 Å². The van der Waals surface area contributed by atoms with Crippen molar-refractivity contribution in [1.29, 1.82) is 5.26 Å². The van der Waals surface area contributed by atoms with Crippen LogP contribution in [0.25, 0.3) is 0 Å². The molecule has 0 saturated heterocycles. The summed E-state index contributed by atoms with van der Waals surface area (Å²) in [5.74, 6) is -1.75. The van der Waals surface area contributed by atoms with Crippen molar-refractivity contribution in [1.82, 2.24) is 5.32 Å². The number of nitrogens with zero attached hydrogens (tertiary/aromatic N) is 1. The first kappa shape index (κ1) is 10.9. The van der Waals surface area contributed by atoms with E-state index < -0.39 is 23.4 Å². The summed E-state index contributed by atoms with van der Waals surface area (Å²) in [6.45, 7) is -0.234. The van der Waals surface area contributed by atoms with Crippen LogP contribution in [0.2, 0.25) is 0 Å². The average Bonchev–Trinajstić information content (AvgIpc) is 2.21. The molecule has 0 atom stereocenters. The van der Waals surface area contributed by atoms with Gasteiger partial charge < -0.3 is 10.6 Å². The van der Waals surface area contributed by atoms with E-state index in [1.54, 1.807) is 6.07 Å². The van der Waals surface area contributed by atoms with Crippen molar-refractivity contribution in [3.05, 3.63) is 29.8 Å². The van der Waals surface area contributed by atoms with Crippen LogP contribution in [0.1, 0.15) is 0 Å². The van der Waals surface area contributed by atoms with Crippen LogP contribution in [0.4, 0.5) is 19.3 Å². The topological polar surface area (TPSA) is 64.9 Å². The van der Waals surface area contributed by atoms with Crippen LogP contribution in [0, 0.1) is 23.0 Å². The summed E-state index contributed by atoms with van der Waals surface area (Å²) >= 11 is 0. The van der Waals surface area contributed by atoms with Crippen LogP contribution in [-0.2, 0) is 0 Å². The Balaban J connectivity index is 2.73. The van der Waals surface area contributed by atoms with Gasteiger partial charge in [0.05, 0.1) is 6.07 Å². The molecule has 2 N–H and O–H groups in total. The molecule has 0 aliphatic heterocycles. The third-order valence-electron chi connectivity index (χ3n) is 1.53. The highest BCUT2D eigenvalue weighted by Gasteiger charge is 2.10. The number of carbonyl (C=O) groups is 1. The Kier molecular flexibility index (Phi) is 3.57. The van der Waals surface area contributed by atoms with Gasteiger partial charge in [0.25, 0.3) is 0 Å². The zero-order valence-electron chi connectivity index (χ0n) is 7.55. The number of rotatable bonds is 2. The lowest BCUT2D eigenvalue weighted by Crippen LogP contribution is -2.29. The minimum Gasteiger partial charge on any atom is -0.325 e. The molecule has 6 heteroatoms. The molecule has 0 saturated carbocycles. The molecule has 0 aliphatic carbocycles. The summed E-state index contributed by atoms with van der Waals surface area (Å²) in [5.41, 5.74) is -0.534. The number of urea groups is 1. The van der Waals surface area contributed by atoms with Gasteiger partial charge in [0.2, 0.25) is 0 Å². The molecular formula is C9H7F2N3O. The zero-order valence-corrected chi connectivity index (χ0v) is 7.55. The molecule has 1 aromatic rings. The molecule has 4 nitrogen and oxygen atoms in total. The van der Waals surface area contributed by atoms with Gasteiger partial charge in [0, 0.05) is 0 Å². The van der Waals surface area contributed by atoms with Crippen molar-refractivity contribution in [2.75, 3.05) is 11.9 Å². The van der Waals surface area contributed by atoms with Gasteiger partial charge >= 0.3 is 6.03 Å². The highest BCUT2D eigenvalue weighted by atomic mass is 19.1. The molecule has 2 amide bonds. The highest BCUT2D eigenvalue weighted by Crippen LogP contribution is 2.17. The Morgan fingerprint density at radius 1 is 1.40 bits per heavy atom. The smallest absolute Gasteiger partial charge is 0.320 e. The van der Waals surface area contributed by atoms with E-state index in [1.165, 1.54) is 6.07 Å². The Labute approximate surface area is 84.5 Å². The van der Waals surface area contributed by atoms with Crippen molar-refractivity contribution >= 4 is 11.7 Å². The summed E-state index contributed by atoms with van der Waals surface area (Å²) in [6.07, 6.45) is 0. The number of hydrogen-bond donors (Lipinski definition) is 2. The van der Waals surface area contributed by atoms with Crippen molar-refractivity contribution in [3.63, 3.8) is 0 Å². The number of nitriles is 1. The number of hydrogen-bond acceptors (Lipinski definition) is 2. The van der Waals surface area contributed by atoms with Crippen molar-refractivity contribution < 1.29 is 13.6 Å². The molecule has 0 fully saturated rings. The Morgan fingerprint density at radius 2 is 2.00 bits per heavy atom. The predicted octanol–water partition coefficient (Wildman–Crippen LogP) is 1.61. The molecule has 0 unspecified atom stereocenters. The Morgan fingerprint density at radius 3 is 2.53 bits per heavy atom. The van der Waals surface area contributed by atoms with Gasteiger partial charge in [-0.05, 0) is 12.1 Å². The van der Waals surface area contributed by atoms with Gasteiger partial charge in [-0.15, -0.1) is 0 Å². The maximum absolute atomic E-state index is 13.0. The van der Waals surface area contributed by atoms with Gasteiger partial charge in [0.15, 0.2) is 0 Å². The molecule has 1 rings (SSSR count). The molecule has 1 aromatic carbocycles. The third-order valence-corrected chi connectivity index (χ3v) is 1.53. The second-order valence-electron chi connectivity index (χ2n) is 2.56. The predicted molar refractivity (Wildman–Crippen MR) is 49.0 cm³/mol. The summed E-state index contributed by atoms with van der Waals surface area (Å²) in [6, 6.07) is 4.04. The van der Waals surface area contributed by atoms with Gasteiger partial charge in [0.1, 0.15) is 23.9 Å². The molecular weight excluding hydrogens is 204 g/mol. The molecule has 15 heavy (non-hydrogen) atoms. The van der Waals surface area contributed by atoms with E-state index >= 15 is 0 Å². The second kappa shape index (κ2) is 4.91. The molecule has 0 heterocycles. The van der Waals surface area contributed by atoms with Crippen molar-refractivity contribution in [3.8, 4) is 6.07 Å². The summed E-state index contributed by atoms with van der Waals surface area (Å²) in [4.78, 5) is 11.0. The molecule has 0 aromatic heterocycles. The number of benzene rings is 1. The lowest BCUT2D eigenvalue weighted by Gasteiger charge is -2.06. The van der Waals surface area contributed by atoms with Crippen molar-refractivity contribution in [2.24, 2.45) is 0 Å². The molecule has 0 aliphatic rings. The van der Waals surface area contributed by atoms with E-state index in [0.717, 1.165) is 12.1 Å². The van der Waals surface area contributed by atoms with Crippen LogP contribution < -0.4 is 10.6 Å². The van der Waals surface area contributed by atoms with E-state index in [4.69, 9.17) is 5.26 Å². The van der Waals surface area contributed by atoms with Gasteiger partial charge in [-0.2, -0.15) is 5.26 Å². The molecule has 78 valence electrons. The first-order valence-electron chi connectivity index (χ1n) is 4.01. The van der Waals surface area contributed by atoms with E-state index in [0.29, 0.717) is 0 Å². The second-order valence-corrected chi connectivity index (χ2v) is 2.56. The first-order chi connectivity index (χ1) is 7.15. The minimum absolute atomic E-state index is 0.234. The quantitative estimate of drug-likeness (QED) is 0.730. The monoisotopic (exact) mass is 211 g/mol. The van der Waals surface area contributed by atoms with Gasteiger partial charge in [-0.25, -0.2) is 13.6 Å². The van der Waals surface area contributed by atoms with E-state index in [-0.39, 0.29) is 6.54 Å². The fourth-order valence-corrected chi connectivity index (χ4v) is 0.895. The van der Waals surface area contributed by atoms with E-state index in [1.807, 2.05) is 5.32 Å². The third kappa shape index (κ3) is 2.91. The average molecular weight is 211 g/mol. The van der Waals surface area contributed by atoms with Gasteiger partial charge in [-0.3, -0.25) is 0 Å². The summed E-state index contributed by atoms with van der Waals surface area (Å²) in [7, 11) is 0. The number of amides is 2. The van der Waals surface area contributed by atoms with Crippen LogP contribution >= 0.6 is 0 Å². The molecule has 0 spiro atoms. The summed E-state index contributed by atoms with van der Waals surface area (Å²) in [5, 5.41) is 12.2. The lowest BCUT2D eigenvalue weighted by molar-refractivity contribution is 0.253. The number of nitrogens with one attached hydrogen (secondary N) is 2. The molecule has 0 bridgehead atoms. The van der Waals surface area contributed by atoms with Crippen LogP contribution in [-0.4, -0.2) is 12.6 Å². The lowest BCUT2D eigenvalue weighted by atomic mass is 10.3. The maximum Gasteiger partial charge on any atom is 0.320 e. The van der Waals surface area contributed by atoms with Crippen LogP contribution in [0.3, 0.4) is 0 Å².